The van der Waals surface area contributed by atoms with Crippen molar-refractivity contribution in [2.45, 2.75) is 25.9 Å². The van der Waals surface area contributed by atoms with Crippen LogP contribution in [0.5, 0.6) is 5.75 Å². The molecule has 4 rings (SSSR count). The van der Waals surface area contributed by atoms with E-state index in [-0.39, 0.29) is 18.6 Å². The minimum Gasteiger partial charge on any atom is -0.490 e. The number of nitrogens with two attached hydrogens (primary N) is 1. The van der Waals surface area contributed by atoms with Crippen LogP contribution in [0.4, 0.5) is 0 Å². The molecule has 0 spiro atoms. The lowest BCUT2D eigenvalue weighted by Gasteiger charge is -2.32. The molecule has 2 N–H and O–H groups in total. The summed E-state index contributed by atoms with van der Waals surface area (Å²) in [6, 6.07) is 16.6. The Hall–Kier alpha value is -2.92. The first-order chi connectivity index (χ1) is 13.7. The lowest BCUT2D eigenvalue weighted by molar-refractivity contribution is -0.131. The number of carbonyl (C=O) groups is 1. The molecule has 0 radical (unpaired) electrons. The van der Waals surface area contributed by atoms with Crippen molar-refractivity contribution in [3.05, 3.63) is 60.3 Å². The van der Waals surface area contributed by atoms with E-state index in [0.717, 1.165) is 35.1 Å². The van der Waals surface area contributed by atoms with Crippen molar-refractivity contribution in [1.29, 1.82) is 0 Å². The average molecular weight is 375 g/mol. The molecule has 0 aliphatic carbocycles. The number of fused-ring (bicyclic) bond motifs is 1. The van der Waals surface area contributed by atoms with Gasteiger partial charge in [-0.05, 0) is 41.8 Å². The van der Waals surface area contributed by atoms with Crippen LogP contribution >= 0.6 is 0 Å². The third-order valence-corrected chi connectivity index (χ3v) is 5.47. The highest BCUT2D eigenvalue weighted by Crippen LogP contribution is 2.30. The number of benzene rings is 2. The summed E-state index contributed by atoms with van der Waals surface area (Å²) in [7, 11) is 0. The highest BCUT2D eigenvalue weighted by atomic mass is 16.5. The monoisotopic (exact) mass is 375 g/mol. The van der Waals surface area contributed by atoms with Crippen LogP contribution in [-0.4, -0.2) is 41.5 Å². The maximum atomic E-state index is 11.7. The second kappa shape index (κ2) is 7.98. The van der Waals surface area contributed by atoms with Gasteiger partial charge in [0.2, 0.25) is 5.91 Å². The minimum absolute atomic E-state index is 0.0167. The number of hydrogen-bond donors (Lipinski definition) is 1. The number of aromatic nitrogens is 1. The number of nitrogens with zero attached hydrogens (tertiary/aromatic N) is 2. The number of piperidine rings is 1. The number of amides is 1. The standard InChI is InChI=1S/C23H25N3O2/c1-16-21(9-6-18-3-2-12-25-23(16)18)17-4-7-19(8-5-17)28-20-10-13-26(14-11-20)22(27)15-24/h2-9,12,20H,10-11,13-15,24H2,1H3. The van der Waals surface area contributed by atoms with E-state index >= 15 is 0 Å². The molecule has 5 nitrogen and oxygen atoms in total. The molecule has 0 atom stereocenters. The Kier molecular flexibility index (Phi) is 5.26. The van der Waals surface area contributed by atoms with Gasteiger partial charge in [-0.1, -0.05) is 30.3 Å². The van der Waals surface area contributed by atoms with Crippen molar-refractivity contribution < 1.29 is 9.53 Å². The van der Waals surface area contributed by atoms with Crippen LogP contribution in [0.2, 0.25) is 0 Å². The van der Waals surface area contributed by atoms with Crippen LogP contribution in [0.25, 0.3) is 22.0 Å². The molecule has 28 heavy (non-hydrogen) atoms. The second-order valence-electron chi connectivity index (χ2n) is 7.24. The maximum Gasteiger partial charge on any atom is 0.236 e. The van der Waals surface area contributed by atoms with Crippen molar-refractivity contribution in [2.24, 2.45) is 5.73 Å². The van der Waals surface area contributed by atoms with Crippen molar-refractivity contribution in [3.63, 3.8) is 0 Å². The zero-order chi connectivity index (χ0) is 19.5. The Bertz CT molecular complexity index is 977. The third kappa shape index (κ3) is 3.71. The maximum absolute atomic E-state index is 11.7. The van der Waals surface area contributed by atoms with E-state index in [1.165, 1.54) is 11.1 Å². The molecule has 5 heteroatoms. The first-order valence-corrected chi connectivity index (χ1v) is 9.75. The van der Waals surface area contributed by atoms with E-state index in [9.17, 15) is 4.79 Å². The lowest BCUT2D eigenvalue weighted by atomic mass is 9.98. The Morgan fingerprint density at radius 3 is 2.61 bits per heavy atom. The third-order valence-electron chi connectivity index (χ3n) is 5.47. The highest BCUT2D eigenvalue weighted by molar-refractivity contribution is 5.88. The largest absolute Gasteiger partial charge is 0.490 e. The smallest absolute Gasteiger partial charge is 0.236 e. The molecule has 0 saturated carbocycles. The van der Waals surface area contributed by atoms with Gasteiger partial charge in [-0.25, -0.2) is 0 Å². The molecular formula is C23H25N3O2. The van der Waals surface area contributed by atoms with Gasteiger partial charge in [-0.3, -0.25) is 9.78 Å². The van der Waals surface area contributed by atoms with Gasteiger partial charge in [-0.2, -0.15) is 0 Å². The molecule has 1 aliphatic heterocycles. The van der Waals surface area contributed by atoms with Gasteiger partial charge >= 0.3 is 0 Å². The summed E-state index contributed by atoms with van der Waals surface area (Å²) >= 11 is 0. The molecule has 1 fully saturated rings. The number of ether oxygens (including phenoxy) is 1. The van der Waals surface area contributed by atoms with Crippen LogP contribution in [0, 0.1) is 6.92 Å². The molecule has 2 aromatic carbocycles. The molecule has 1 aliphatic rings. The summed E-state index contributed by atoms with van der Waals surface area (Å²) in [6.07, 6.45) is 3.65. The fourth-order valence-electron chi connectivity index (χ4n) is 3.86. The average Bonchev–Trinajstić information content (AvgIpc) is 2.75. The van der Waals surface area contributed by atoms with Crippen LogP contribution in [0.1, 0.15) is 18.4 Å². The van der Waals surface area contributed by atoms with Gasteiger partial charge in [0.25, 0.3) is 0 Å². The van der Waals surface area contributed by atoms with E-state index in [1.54, 1.807) is 0 Å². The van der Waals surface area contributed by atoms with E-state index < -0.39 is 0 Å². The van der Waals surface area contributed by atoms with E-state index in [1.807, 2.05) is 29.3 Å². The van der Waals surface area contributed by atoms with Crippen molar-refractivity contribution in [1.82, 2.24) is 9.88 Å². The molecule has 0 unspecified atom stereocenters. The van der Waals surface area contributed by atoms with Crippen LogP contribution < -0.4 is 10.5 Å². The van der Waals surface area contributed by atoms with Crippen LogP contribution in [0.15, 0.2) is 54.7 Å². The Balaban J connectivity index is 1.45. The lowest BCUT2D eigenvalue weighted by Crippen LogP contribution is -2.44. The highest BCUT2D eigenvalue weighted by Gasteiger charge is 2.23. The molecule has 3 aromatic rings. The SMILES string of the molecule is Cc1c(-c2ccc(OC3CCN(C(=O)CN)CC3)cc2)ccc2cccnc12. The quantitative estimate of drug-likeness (QED) is 0.757. The number of likely N-dealkylation sites (tertiary alicyclic amines) is 1. The molecule has 0 bridgehead atoms. The van der Waals surface area contributed by atoms with Crippen LogP contribution in [0.3, 0.4) is 0 Å². The molecule has 1 saturated heterocycles. The number of aryl methyl sites for hydroxylation is 1. The van der Waals surface area contributed by atoms with Gasteiger partial charge in [0.15, 0.2) is 0 Å². The van der Waals surface area contributed by atoms with Gasteiger partial charge < -0.3 is 15.4 Å². The van der Waals surface area contributed by atoms with Crippen LogP contribution in [-0.2, 0) is 4.79 Å². The van der Waals surface area contributed by atoms with Gasteiger partial charge in [0.05, 0.1) is 12.1 Å². The Morgan fingerprint density at radius 2 is 1.89 bits per heavy atom. The van der Waals surface area contributed by atoms with E-state index in [4.69, 9.17) is 10.5 Å². The summed E-state index contributed by atoms with van der Waals surface area (Å²) < 4.78 is 6.13. The first kappa shape index (κ1) is 18.4. The summed E-state index contributed by atoms with van der Waals surface area (Å²) in [5.74, 6) is 0.881. The van der Waals surface area contributed by atoms with E-state index in [0.29, 0.717) is 13.1 Å². The number of pyridine rings is 1. The number of carbonyl (C=O) groups excluding carboxylic acids is 1. The number of hydrogen-bond acceptors (Lipinski definition) is 4. The fourth-order valence-corrected chi connectivity index (χ4v) is 3.86. The molecule has 144 valence electrons. The number of rotatable bonds is 4. The predicted molar refractivity (Wildman–Crippen MR) is 111 cm³/mol. The minimum atomic E-state index is 0.0167. The first-order valence-electron chi connectivity index (χ1n) is 9.75. The topological polar surface area (TPSA) is 68.5 Å². The van der Waals surface area contributed by atoms with Gasteiger partial charge in [-0.15, -0.1) is 0 Å². The summed E-state index contributed by atoms with van der Waals surface area (Å²) in [5.41, 5.74) is 10.0. The van der Waals surface area contributed by atoms with E-state index in [2.05, 4.69) is 42.2 Å². The summed E-state index contributed by atoms with van der Waals surface area (Å²) in [4.78, 5) is 18.0. The normalized spacial score (nSPS) is 15.0. The summed E-state index contributed by atoms with van der Waals surface area (Å²) in [6.45, 7) is 3.62. The van der Waals surface area contributed by atoms with Gasteiger partial charge in [0.1, 0.15) is 11.9 Å². The fraction of sp³-hybridized carbons (Fsp3) is 0.304. The molecule has 1 amide bonds. The molecule has 2 heterocycles. The zero-order valence-corrected chi connectivity index (χ0v) is 16.1. The Labute approximate surface area is 165 Å². The Morgan fingerprint density at radius 1 is 1.14 bits per heavy atom. The predicted octanol–water partition coefficient (Wildman–Crippen LogP) is 3.54. The zero-order valence-electron chi connectivity index (χ0n) is 16.1. The van der Waals surface area contributed by atoms with Crippen molar-refractivity contribution in [3.8, 4) is 16.9 Å². The van der Waals surface area contributed by atoms with Crippen molar-refractivity contribution in [2.75, 3.05) is 19.6 Å². The second-order valence-corrected chi connectivity index (χ2v) is 7.24. The van der Waals surface area contributed by atoms with Gasteiger partial charge in [0, 0.05) is 37.5 Å². The van der Waals surface area contributed by atoms with Crippen molar-refractivity contribution >= 4 is 16.8 Å². The molecule has 1 aromatic heterocycles. The molecular weight excluding hydrogens is 350 g/mol. The summed E-state index contributed by atoms with van der Waals surface area (Å²) in [5, 5.41) is 1.16.